The number of hydrogen-bond acceptors (Lipinski definition) is 6. The van der Waals surface area contributed by atoms with Crippen molar-refractivity contribution in [3.63, 3.8) is 0 Å². The second-order valence-corrected chi connectivity index (χ2v) is 7.50. The average Bonchev–Trinajstić information content (AvgIpc) is 2.70. The van der Waals surface area contributed by atoms with E-state index in [2.05, 4.69) is 19.8 Å². The molecule has 2 rings (SSSR count). The number of hydrogen-bond donors (Lipinski definition) is 2. The van der Waals surface area contributed by atoms with E-state index in [0.29, 0.717) is 0 Å². The molecule has 172 valence electrons. The topological polar surface area (TPSA) is 71.7 Å². The Morgan fingerprint density at radius 2 is 1.03 bits per heavy atom. The third kappa shape index (κ3) is 14.4. The number of phenolic OH excluding ortho intramolecular Hbond substituents is 2. The average molecular weight is 471 g/mol. The number of nitrogens with zero attached hydrogens (tertiary/aromatic N) is 4. The molecule has 0 saturated carbocycles. The van der Waals surface area contributed by atoms with E-state index in [1.165, 1.54) is 0 Å². The standard InChI is InChI=1S/2C12H18N2O.Ni/c2*1-14(2)9-5-8-13-10-11-6-3-4-7-12(11)15;/h2*3-4,6-7,10,15H,5,8-9H2,1-2H3;/q;;+2. The molecule has 2 aromatic rings. The Morgan fingerprint density at radius 3 is 1.35 bits per heavy atom. The largest absolute Gasteiger partial charge is 2.00 e. The van der Waals surface area contributed by atoms with E-state index in [4.69, 9.17) is 0 Å². The van der Waals surface area contributed by atoms with Gasteiger partial charge in [-0.15, -0.1) is 0 Å². The molecule has 0 spiro atoms. The molecular weight excluding hydrogens is 435 g/mol. The molecule has 0 bridgehead atoms. The van der Waals surface area contributed by atoms with Gasteiger partial charge in [-0.05, 0) is 78.4 Å². The molecule has 0 aliphatic rings. The summed E-state index contributed by atoms with van der Waals surface area (Å²) < 4.78 is 0. The van der Waals surface area contributed by atoms with Gasteiger partial charge >= 0.3 is 16.5 Å². The fourth-order valence-corrected chi connectivity index (χ4v) is 2.48. The Balaban J connectivity index is 0.000000562. The third-order valence-electron chi connectivity index (χ3n) is 4.12. The van der Waals surface area contributed by atoms with Gasteiger partial charge in [0.1, 0.15) is 11.5 Å². The number of aromatic hydroxyl groups is 2. The van der Waals surface area contributed by atoms with Crippen molar-refractivity contribution < 1.29 is 26.7 Å². The van der Waals surface area contributed by atoms with Crippen LogP contribution in [0.4, 0.5) is 0 Å². The van der Waals surface area contributed by atoms with Crippen LogP contribution in [0.2, 0.25) is 0 Å². The second kappa shape index (κ2) is 17.5. The van der Waals surface area contributed by atoms with E-state index in [9.17, 15) is 10.2 Å². The van der Waals surface area contributed by atoms with Crippen molar-refractivity contribution in [2.45, 2.75) is 12.8 Å². The van der Waals surface area contributed by atoms with Gasteiger partial charge in [-0.25, -0.2) is 0 Å². The van der Waals surface area contributed by atoms with Crippen molar-refractivity contribution in [2.24, 2.45) is 9.98 Å². The van der Waals surface area contributed by atoms with Crippen LogP contribution >= 0.6 is 0 Å². The minimum atomic E-state index is 0. The van der Waals surface area contributed by atoms with Crippen LogP contribution < -0.4 is 0 Å². The van der Waals surface area contributed by atoms with Crippen molar-refractivity contribution >= 4 is 12.4 Å². The molecule has 0 saturated heterocycles. The Labute approximate surface area is 197 Å². The number of rotatable bonds is 10. The third-order valence-corrected chi connectivity index (χ3v) is 4.12. The van der Waals surface area contributed by atoms with E-state index in [1.54, 1.807) is 36.7 Å². The van der Waals surface area contributed by atoms with Gasteiger partial charge in [0.25, 0.3) is 0 Å². The molecule has 0 aliphatic heterocycles. The summed E-state index contributed by atoms with van der Waals surface area (Å²) >= 11 is 0. The van der Waals surface area contributed by atoms with Crippen LogP contribution in [-0.4, -0.2) is 86.8 Å². The zero-order chi connectivity index (χ0) is 22.2. The SMILES string of the molecule is CN(C)CCCN=Cc1ccccc1O.CN(C)CCCN=Cc1ccccc1O.[Ni+2]. The minimum absolute atomic E-state index is 0. The first kappa shape index (κ1) is 28.8. The predicted molar refractivity (Wildman–Crippen MR) is 127 cm³/mol. The molecule has 0 atom stereocenters. The Hall–Kier alpha value is -2.21. The number of aliphatic imine (C=N–C) groups is 2. The van der Waals surface area contributed by atoms with E-state index < -0.39 is 0 Å². The van der Waals surface area contributed by atoms with Crippen LogP contribution in [0.1, 0.15) is 24.0 Å². The monoisotopic (exact) mass is 470 g/mol. The van der Waals surface area contributed by atoms with E-state index in [0.717, 1.165) is 50.1 Å². The van der Waals surface area contributed by atoms with Crippen molar-refractivity contribution in [1.82, 2.24) is 9.80 Å². The number of phenols is 2. The summed E-state index contributed by atoms with van der Waals surface area (Å²) in [4.78, 5) is 12.8. The van der Waals surface area contributed by atoms with Crippen molar-refractivity contribution in [3.05, 3.63) is 59.7 Å². The summed E-state index contributed by atoms with van der Waals surface area (Å²) in [5, 5.41) is 18.9. The first-order chi connectivity index (χ1) is 14.4. The summed E-state index contributed by atoms with van der Waals surface area (Å²) in [5.74, 6) is 0.572. The molecular formula is C24H36N4NiO2+2. The molecule has 0 amide bonds. The van der Waals surface area contributed by atoms with Gasteiger partial charge in [0.15, 0.2) is 0 Å². The summed E-state index contributed by atoms with van der Waals surface area (Å²) in [7, 11) is 8.19. The first-order valence-electron chi connectivity index (χ1n) is 10.2. The number of benzene rings is 2. The van der Waals surface area contributed by atoms with Crippen molar-refractivity contribution in [2.75, 3.05) is 54.4 Å². The fourth-order valence-electron chi connectivity index (χ4n) is 2.48. The van der Waals surface area contributed by atoms with Crippen LogP contribution in [0, 0.1) is 0 Å². The quantitative estimate of drug-likeness (QED) is 0.316. The first-order valence-corrected chi connectivity index (χ1v) is 10.2. The maximum atomic E-state index is 9.46. The minimum Gasteiger partial charge on any atom is -0.507 e. The van der Waals surface area contributed by atoms with Gasteiger partial charge in [0.05, 0.1) is 0 Å². The van der Waals surface area contributed by atoms with Gasteiger partial charge in [-0.1, -0.05) is 24.3 Å². The van der Waals surface area contributed by atoms with Crippen molar-refractivity contribution in [3.8, 4) is 11.5 Å². The molecule has 2 N–H and O–H groups in total. The zero-order valence-electron chi connectivity index (χ0n) is 19.0. The van der Waals surface area contributed by atoms with Crippen LogP contribution in [0.25, 0.3) is 0 Å². The zero-order valence-corrected chi connectivity index (χ0v) is 20.0. The maximum absolute atomic E-state index is 9.46. The van der Waals surface area contributed by atoms with Crippen molar-refractivity contribution in [1.29, 1.82) is 0 Å². The summed E-state index contributed by atoms with van der Waals surface area (Å²) in [5.41, 5.74) is 1.56. The Kier molecular flexibility index (Phi) is 16.2. The summed E-state index contributed by atoms with van der Waals surface area (Å²) in [6.45, 7) is 3.68. The van der Waals surface area contributed by atoms with Gasteiger partial charge in [0, 0.05) is 36.6 Å². The Bertz CT molecular complexity index is 714. The Morgan fingerprint density at radius 1 is 0.677 bits per heavy atom. The van der Waals surface area contributed by atoms with Gasteiger partial charge in [-0.3, -0.25) is 9.98 Å². The van der Waals surface area contributed by atoms with E-state index >= 15 is 0 Å². The smallest absolute Gasteiger partial charge is 0.507 e. The van der Waals surface area contributed by atoms with Gasteiger partial charge < -0.3 is 20.0 Å². The molecule has 0 aliphatic carbocycles. The molecule has 0 unspecified atom stereocenters. The normalized spacial score (nSPS) is 11.0. The molecule has 7 heteroatoms. The van der Waals surface area contributed by atoms with Crippen LogP contribution in [-0.2, 0) is 16.5 Å². The van der Waals surface area contributed by atoms with Gasteiger partial charge in [-0.2, -0.15) is 0 Å². The maximum Gasteiger partial charge on any atom is 2.00 e. The molecule has 0 aromatic heterocycles. The predicted octanol–water partition coefficient (Wildman–Crippen LogP) is 3.52. The van der Waals surface area contributed by atoms with Gasteiger partial charge in [0.2, 0.25) is 0 Å². The molecule has 0 fully saturated rings. The van der Waals surface area contributed by atoms with E-state index in [-0.39, 0.29) is 28.0 Å². The summed E-state index contributed by atoms with van der Waals surface area (Å²) in [6, 6.07) is 14.4. The molecule has 0 heterocycles. The number of para-hydroxylation sites is 2. The second-order valence-electron chi connectivity index (χ2n) is 7.50. The van der Waals surface area contributed by atoms with Crippen LogP contribution in [0.5, 0.6) is 11.5 Å². The van der Waals surface area contributed by atoms with Crippen LogP contribution in [0.15, 0.2) is 58.5 Å². The molecule has 2 aromatic carbocycles. The molecule has 31 heavy (non-hydrogen) atoms. The fraction of sp³-hybridized carbons (Fsp3) is 0.417. The molecule has 6 nitrogen and oxygen atoms in total. The molecule has 0 radical (unpaired) electrons. The van der Waals surface area contributed by atoms with Crippen LogP contribution in [0.3, 0.4) is 0 Å². The van der Waals surface area contributed by atoms with E-state index in [1.807, 2.05) is 52.5 Å². The summed E-state index contributed by atoms with van der Waals surface area (Å²) in [6.07, 6.45) is 5.53.